The molecule has 4 nitrogen and oxygen atoms in total. The highest BCUT2D eigenvalue weighted by Gasteiger charge is 2.19. The minimum Gasteiger partial charge on any atom is -0.353 e. The van der Waals surface area contributed by atoms with E-state index in [-0.39, 0.29) is 6.04 Å². The van der Waals surface area contributed by atoms with Crippen LogP contribution in [-0.4, -0.2) is 29.1 Å². The summed E-state index contributed by atoms with van der Waals surface area (Å²) in [6.07, 6.45) is 5.42. The summed E-state index contributed by atoms with van der Waals surface area (Å²) in [5.41, 5.74) is 5.88. The van der Waals surface area contributed by atoms with Crippen LogP contribution in [0.3, 0.4) is 0 Å². The number of nitrogens with zero attached hydrogens (tertiary/aromatic N) is 3. The van der Waals surface area contributed by atoms with Crippen molar-refractivity contribution in [3.05, 3.63) is 17.5 Å². The first-order valence-electron chi connectivity index (χ1n) is 4.74. The van der Waals surface area contributed by atoms with Crippen molar-refractivity contribution in [1.29, 1.82) is 0 Å². The summed E-state index contributed by atoms with van der Waals surface area (Å²) >= 11 is 5.95. The molecule has 1 aliphatic rings. The topological polar surface area (TPSA) is 55.0 Å². The van der Waals surface area contributed by atoms with Crippen molar-refractivity contribution in [2.75, 3.05) is 18.0 Å². The maximum atomic E-state index is 5.95. The molecular weight excluding hydrogens is 200 g/mol. The normalized spacial score (nSPS) is 22.4. The highest BCUT2D eigenvalue weighted by atomic mass is 35.5. The molecule has 14 heavy (non-hydrogen) atoms. The van der Waals surface area contributed by atoms with E-state index < -0.39 is 0 Å². The number of hydrogen-bond acceptors (Lipinski definition) is 4. The van der Waals surface area contributed by atoms with Gasteiger partial charge >= 0.3 is 0 Å². The standard InChI is InChI=1S/C9H13ClN4/c10-8-9(13-4-3-12-8)14-5-1-2-7(11)6-14/h3-4,7H,1-2,5-6,11H2/t7-/m0/s1. The molecule has 1 aromatic rings. The molecule has 1 aliphatic heterocycles. The molecule has 0 bridgehead atoms. The van der Waals surface area contributed by atoms with Crippen LogP contribution in [0.2, 0.25) is 5.15 Å². The fourth-order valence-corrected chi connectivity index (χ4v) is 1.95. The molecule has 1 saturated heterocycles. The molecule has 76 valence electrons. The van der Waals surface area contributed by atoms with Gasteiger partial charge in [-0.2, -0.15) is 0 Å². The molecule has 2 heterocycles. The molecule has 1 aromatic heterocycles. The zero-order chi connectivity index (χ0) is 9.97. The van der Waals surface area contributed by atoms with Crippen molar-refractivity contribution in [2.24, 2.45) is 5.73 Å². The second kappa shape index (κ2) is 4.11. The Balaban J connectivity index is 2.18. The van der Waals surface area contributed by atoms with Crippen LogP contribution in [0.4, 0.5) is 5.82 Å². The summed E-state index contributed by atoms with van der Waals surface area (Å²) < 4.78 is 0. The van der Waals surface area contributed by atoms with Gasteiger partial charge in [-0.25, -0.2) is 9.97 Å². The van der Waals surface area contributed by atoms with Gasteiger partial charge in [-0.05, 0) is 12.8 Å². The molecule has 2 N–H and O–H groups in total. The van der Waals surface area contributed by atoms with E-state index in [1.54, 1.807) is 12.4 Å². The lowest BCUT2D eigenvalue weighted by Gasteiger charge is -2.31. The van der Waals surface area contributed by atoms with Crippen molar-refractivity contribution in [1.82, 2.24) is 9.97 Å². The SMILES string of the molecule is N[C@H]1CCCN(c2nccnc2Cl)C1. The Morgan fingerprint density at radius 2 is 2.21 bits per heavy atom. The Labute approximate surface area is 88.1 Å². The third-order valence-electron chi connectivity index (χ3n) is 2.39. The van der Waals surface area contributed by atoms with Crippen LogP contribution >= 0.6 is 11.6 Å². The number of aromatic nitrogens is 2. The largest absolute Gasteiger partial charge is 0.353 e. The zero-order valence-corrected chi connectivity index (χ0v) is 8.61. The third-order valence-corrected chi connectivity index (χ3v) is 2.66. The smallest absolute Gasteiger partial charge is 0.171 e. The van der Waals surface area contributed by atoms with Crippen LogP contribution in [0.5, 0.6) is 0 Å². The van der Waals surface area contributed by atoms with Gasteiger partial charge in [0.25, 0.3) is 0 Å². The zero-order valence-electron chi connectivity index (χ0n) is 7.86. The van der Waals surface area contributed by atoms with E-state index >= 15 is 0 Å². The predicted octanol–water partition coefficient (Wildman–Crippen LogP) is 1.06. The van der Waals surface area contributed by atoms with Crippen LogP contribution in [0.1, 0.15) is 12.8 Å². The van der Waals surface area contributed by atoms with Gasteiger partial charge in [-0.3, -0.25) is 0 Å². The summed E-state index contributed by atoms with van der Waals surface area (Å²) in [4.78, 5) is 10.3. The predicted molar refractivity (Wildman–Crippen MR) is 56.5 cm³/mol. The van der Waals surface area contributed by atoms with Gasteiger partial charge in [-0.1, -0.05) is 11.6 Å². The molecule has 0 unspecified atom stereocenters. The van der Waals surface area contributed by atoms with E-state index in [4.69, 9.17) is 17.3 Å². The van der Waals surface area contributed by atoms with Crippen LogP contribution in [0.25, 0.3) is 0 Å². The van der Waals surface area contributed by atoms with E-state index in [0.717, 1.165) is 31.7 Å². The van der Waals surface area contributed by atoms with Crippen LogP contribution in [0.15, 0.2) is 12.4 Å². The number of piperidine rings is 1. The fraction of sp³-hybridized carbons (Fsp3) is 0.556. The minimum atomic E-state index is 0.224. The molecule has 2 rings (SSSR count). The van der Waals surface area contributed by atoms with Crippen molar-refractivity contribution in [3.8, 4) is 0 Å². The Hall–Kier alpha value is -0.870. The van der Waals surface area contributed by atoms with Gasteiger partial charge in [0.05, 0.1) is 0 Å². The summed E-state index contributed by atoms with van der Waals surface area (Å²) in [7, 11) is 0. The summed E-state index contributed by atoms with van der Waals surface area (Å²) in [5, 5.41) is 0.460. The maximum absolute atomic E-state index is 5.95. The van der Waals surface area contributed by atoms with E-state index in [9.17, 15) is 0 Å². The van der Waals surface area contributed by atoms with E-state index in [0.29, 0.717) is 5.15 Å². The lowest BCUT2D eigenvalue weighted by molar-refractivity contribution is 0.503. The quantitative estimate of drug-likeness (QED) is 0.757. The first kappa shape index (κ1) is 9.68. The van der Waals surface area contributed by atoms with Gasteiger partial charge in [0.15, 0.2) is 11.0 Å². The highest BCUT2D eigenvalue weighted by Crippen LogP contribution is 2.22. The first-order chi connectivity index (χ1) is 6.77. The van der Waals surface area contributed by atoms with Gasteiger partial charge in [0.2, 0.25) is 0 Å². The maximum Gasteiger partial charge on any atom is 0.171 e. The lowest BCUT2D eigenvalue weighted by atomic mass is 10.1. The average molecular weight is 213 g/mol. The van der Waals surface area contributed by atoms with E-state index in [1.807, 2.05) is 0 Å². The van der Waals surface area contributed by atoms with Gasteiger partial charge in [0.1, 0.15) is 0 Å². The number of anilines is 1. The lowest BCUT2D eigenvalue weighted by Crippen LogP contribution is -2.43. The van der Waals surface area contributed by atoms with Gasteiger partial charge in [0, 0.05) is 31.5 Å². The van der Waals surface area contributed by atoms with Gasteiger partial charge in [-0.15, -0.1) is 0 Å². The van der Waals surface area contributed by atoms with Crippen molar-refractivity contribution in [2.45, 2.75) is 18.9 Å². The van der Waals surface area contributed by atoms with Crippen molar-refractivity contribution >= 4 is 17.4 Å². The molecule has 0 aliphatic carbocycles. The number of halogens is 1. The molecule has 0 saturated carbocycles. The Bertz CT molecular complexity index is 317. The average Bonchev–Trinajstić information content (AvgIpc) is 2.18. The summed E-state index contributed by atoms with van der Waals surface area (Å²) in [6.45, 7) is 1.78. The number of rotatable bonds is 1. The molecule has 0 aromatic carbocycles. The molecule has 1 atom stereocenters. The Morgan fingerprint density at radius 1 is 1.43 bits per heavy atom. The molecule has 5 heteroatoms. The monoisotopic (exact) mass is 212 g/mol. The Kier molecular flexibility index (Phi) is 2.84. The molecule has 0 spiro atoms. The fourth-order valence-electron chi connectivity index (χ4n) is 1.73. The molecule has 0 radical (unpaired) electrons. The molecule has 1 fully saturated rings. The van der Waals surface area contributed by atoms with Gasteiger partial charge < -0.3 is 10.6 Å². The highest BCUT2D eigenvalue weighted by molar-refractivity contribution is 6.31. The minimum absolute atomic E-state index is 0.224. The second-order valence-corrected chi connectivity index (χ2v) is 3.88. The first-order valence-corrected chi connectivity index (χ1v) is 5.12. The van der Waals surface area contributed by atoms with Crippen LogP contribution < -0.4 is 10.6 Å². The van der Waals surface area contributed by atoms with Crippen molar-refractivity contribution in [3.63, 3.8) is 0 Å². The number of hydrogen-bond donors (Lipinski definition) is 1. The number of nitrogens with two attached hydrogens (primary N) is 1. The van der Waals surface area contributed by atoms with Crippen LogP contribution in [-0.2, 0) is 0 Å². The van der Waals surface area contributed by atoms with E-state index in [2.05, 4.69) is 14.9 Å². The van der Waals surface area contributed by atoms with E-state index in [1.165, 1.54) is 0 Å². The Morgan fingerprint density at radius 3 is 2.93 bits per heavy atom. The molecule has 0 amide bonds. The van der Waals surface area contributed by atoms with Crippen LogP contribution in [0, 0.1) is 0 Å². The van der Waals surface area contributed by atoms with Crippen molar-refractivity contribution < 1.29 is 0 Å². The second-order valence-electron chi connectivity index (χ2n) is 3.52. The molecular formula is C9H13ClN4. The summed E-state index contributed by atoms with van der Waals surface area (Å²) in [5.74, 6) is 0.754. The third kappa shape index (κ3) is 1.96. The summed E-state index contributed by atoms with van der Waals surface area (Å²) in [6, 6.07) is 0.224.